The van der Waals surface area contributed by atoms with Crippen LogP contribution in [0.4, 0.5) is 5.69 Å². The molecule has 0 aliphatic carbocycles. The molecule has 2 heterocycles. The Morgan fingerprint density at radius 3 is 2.60 bits per heavy atom. The molecule has 212 valence electrons. The number of carbonyl (C=O) groups excluding carboxylic acids is 1. The Morgan fingerprint density at radius 2 is 1.82 bits per heavy atom. The Morgan fingerprint density at radius 1 is 1.02 bits per heavy atom. The topological polar surface area (TPSA) is 101 Å². The van der Waals surface area contributed by atoms with E-state index in [9.17, 15) is 9.90 Å². The van der Waals surface area contributed by atoms with E-state index >= 15 is 0 Å². The van der Waals surface area contributed by atoms with E-state index in [0.717, 1.165) is 65.8 Å². The number of hydrogen-bond acceptors (Lipinski definition) is 7. The number of Topliss-reactive ketones (excluding diaryl/α,β-unsaturated/α-hetero) is 1. The Balaban J connectivity index is 1.39. The fourth-order valence-corrected chi connectivity index (χ4v) is 4.68. The lowest BCUT2D eigenvalue weighted by molar-refractivity contribution is 0.0979. The third kappa shape index (κ3) is 7.90. The maximum Gasteiger partial charge on any atom is 0.162 e. The second-order valence-electron chi connectivity index (χ2n) is 10.4. The summed E-state index contributed by atoms with van der Waals surface area (Å²) >= 11 is 0. The largest absolute Gasteiger partial charge is 0.491 e. The second kappa shape index (κ2) is 14.6. The lowest BCUT2D eigenvalue weighted by atomic mass is 10.0. The molecule has 0 radical (unpaired) electrons. The zero-order chi connectivity index (χ0) is 28.3. The fourth-order valence-electron chi connectivity index (χ4n) is 4.68. The van der Waals surface area contributed by atoms with Crippen molar-refractivity contribution in [3.63, 3.8) is 0 Å². The summed E-state index contributed by atoms with van der Waals surface area (Å²) in [6.45, 7) is 5.70. The highest BCUT2D eigenvalue weighted by atomic mass is 16.5. The number of likely N-dealkylation sites (N-methyl/N-ethyl adjacent to an activating group) is 1. The number of unbranched alkanes of at least 4 members (excludes halogenated alkanes) is 3. The minimum atomic E-state index is -0.580. The van der Waals surface area contributed by atoms with Crippen molar-refractivity contribution in [3.05, 3.63) is 72.4 Å². The number of fused-ring (bicyclic) bond motifs is 1. The minimum absolute atomic E-state index is 0.176. The number of anilines is 1. The van der Waals surface area contributed by atoms with Crippen molar-refractivity contribution >= 4 is 22.5 Å². The highest BCUT2D eigenvalue weighted by molar-refractivity contribution is 5.96. The fraction of sp³-hybridized carbons (Fsp3) is 0.406. The van der Waals surface area contributed by atoms with Gasteiger partial charge in [0.15, 0.2) is 11.4 Å². The van der Waals surface area contributed by atoms with Gasteiger partial charge in [-0.2, -0.15) is 5.10 Å². The number of aliphatic hydroxyl groups excluding tert-OH is 1. The van der Waals surface area contributed by atoms with Crippen LogP contribution >= 0.6 is 0 Å². The molecule has 8 nitrogen and oxygen atoms in total. The van der Waals surface area contributed by atoms with Crippen molar-refractivity contribution in [2.24, 2.45) is 0 Å². The summed E-state index contributed by atoms with van der Waals surface area (Å²) in [5.41, 5.74) is 4.41. The zero-order valence-corrected chi connectivity index (χ0v) is 23.8. The van der Waals surface area contributed by atoms with E-state index in [2.05, 4.69) is 35.6 Å². The first kappa shape index (κ1) is 29.2. The molecule has 0 fully saturated rings. The van der Waals surface area contributed by atoms with E-state index in [-0.39, 0.29) is 18.4 Å². The number of ketones is 1. The lowest BCUT2D eigenvalue weighted by Crippen LogP contribution is -2.29. The van der Waals surface area contributed by atoms with Gasteiger partial charge in [0.05, 0.1) is 17.3 Å². The number of nitrogens with one attached hydrogen (secondary N) is 2. The number of rotatable bonds is 16. The number of aromatic nitrogens is 3. The van der Waals surface area contributed by atoms with Crippen molar-refractivity contribution in [2.45, 2.75) is 58.1 Å². The summed E-state index contributed by atoms with van der Waals surface area (Å²) < 4.78 is 7.77. The van der Waals surface area contributed by atoms with Gasteiger partial charge in [-0.25, -0.2) is 9.67 Å². The number of benzene rings is 2. The molecule has 4 aromatic rings. The van der Waals surface area contributed by atoms with Crippen LogP contribution < -0.4 is 15.4 Å². The zero-order valence-electron chi connectivity index (χ0n) is 23.8. The number of ether oxygens (including phenoxy) is 1. The van der Waals surface area contributed by atoms with Crippen molar-refractivity contribution in [1.82, 2.24) is 20.1 Å². The molecule has 0 saturated carbocycles. The van der Waals surface area contributed by atoms with Crippen LogP contribution in [0.3, 0.4) is 0 Å². The Labute approximate surface area is 236 Å². The van der Waals surface area contributed by atoms with Gasteiger partial charge in [-0.15, -0.1) is 0 Å². The molecular weight excluding hydrogens is 502 g/mol. The smallest absolute Gasteiger partial charge is 0.162 e. The predicted molar refractivity (Wildman–Crippen MR) is 161 cm³/mol. The van der Waals surface area contributed by atoms with E-state index in [0.29, 0.717) is 18.7 Å². The summed E-state index contributed by atoms with van der Waals surface area (Å²) in [6, 6.07) is 19.6. The number of hydrogen-bond donors (Lipinski definition) is 3. The van der Waals surface area contributed by atoms with Crippen LogP contribution in [0.1, 0.15) is 62.4 Å². The van der Waals surface area contributed by atoms with Crippen molar-refractivity contribution in [2.75, 3.05) is 32.1 Å². The molecule has 3 N–H and O–H groups in total. The summed E-state index contributed by atoms with van der Waals surface area (Å²) in [5, 5.41) is 22.2. The molecule has 0 amide bonds. The summed E-state index contributed by atoms with van der Waals surface area (Å²) in [7, 11) is 1.80. The SMILES string of the molecule is CNCC(O)COc1cccc(-c2cc(NCCCCCCC(=O)c3ccccc3)c3cnn(C(C)C)c3n2)c1. The molecule has 0 spiro atoms. The van der Waals surface area contributed by atoms with E-state index in [4.69, 9.17) is 9.72 Å². The van der Waals surface area contributed by atoms with Gasteiger partial charge in [0.1, 0.15) is 18.5 Å². The summed E-state index contributed by atoms with van der Waals surface area (Å²) in [6.07, 6.45) is 5.89. The molecule has 2 aromatic carbocycles. The molecule has 1 unspecified atom stereocenters. The lowest BCUT2D eigenvalue weighted by Gasteiger charge is -2.14. The van der Waals surface area contributed by atoms with Crippen LogP contribution in [-0.2, 0) is 0 Å². The summed E-state index contributed by atoms with van der Waals surface area (Å²) in [5.74, 6) is 0.906. The van der Waals surface area contributed by atoms with Crippen molar-refractivity contribution in [3.8, 4) is 17.0 Å². The van der Waals surface area contributed by atoms with Crippen LogP contribution in [0.15, 0.2) is 66.9 Å². The van der Waals surface area contributed by atoms with Crippen LogP contribution in [0.5, 0.6) is 5.75 Å². The van der Waals surface area contributed by atoms with Gasteiger partial charge in [0.2, 0.25) is 0 Å². The first-order valence-corrected chi connectivity index (χ1v) is 14.2. The molecule has 0 aliphatic rings. The van der Waals surface area contributed by atoms with E-state index in [1.54, 1.807) is 7.05 Å². The third-order valence-electron chi connectivity index (χ3n) is 6.81. The monoisotopic (exact) mass is 543 g/mol. The van der Waals surface area contributed by atoms with Crippen LogP contribution in [0, 0.1) is 0 Å². The Hall–Kier alpha value is -3.75. The highest BCUT2D eigenvalue weighted by Crippen LogP contribution is 2.31. The second-order valence-corrected chi connectivity index (χ2v) is 10.4. The average Bonchev–Trinajstić information content (AvgIpc) is 3.41. The van der Waals surface area contributed by atoms with Gasteiger partial charge in [-0.3, -0.25) is 4.79 Å². The molecule has 2 aromatic heterocycles. The highest BCUT2D eigenvalue weighted by Gasteiger charge is 2.15. The molecule has 4 rings (SSSR count). The van der Waals surface area contributed by atoms with Crippen LogP contribution in [-0.4, -0.2) is 58.5 Å². The van der Waals surface area contributed by atoms with Crippen molar-refractivity contribution in [1.29, 1.82) is 0 Å². The average molecular weight is 544 g/mol. The molecule has 1 atom stereocenters. The maximum atomic E-state index is 12.3. The van der Waals surface area contributed by atoms with Crippen molar-refractivity contribution < 1.29 is 14.6 Å². The molecular formula is C32H41N5O3. The molecule has 40 heavy (non-hydrogen) atoms. The first-order chi connectivity index (χ1) is 19.5. The number of aliphatic hydroxyl groups is 1. The third-order valence-corrected chi connectivity index (χ3v) is 6.81. The van der Waals surface area contributed by atoms with Crippen LogP contribution in [0.2, 0.25) is 0 Å². The minimum Gasteiger partial charge on any atom is -0.491 e. The molecule has 0 bridgehead atoms. The van der Waals surface area contributed by atoms with E-state index in [1.807, 2.05) is 65.5 Å². The van der Waals surface area contributed by atoms with Gasteiger partial charge >= 0.3 is 0 Å². The van der Waals surface area contributed by atoms with Gasteiger partial charge in [0, 0.05) is 42.4 Å². The van der Waals surface area contributed by atoms with E-state index < -0.39 is 6.10 Å². The summed E-state index contributed by atoms with van der Waals surface area (Å²) in [4.78, 5) is 17.3. The molecule has 0 saturated heterocycles. The Kier molecular flexibility index (Phi) is 10.7. The molecule has 8 heteroatoms. The number of pyridine rings is 1. The first-order valence-electron chi connectivity index (χ1n) is 14.2. The number of nitrogens with zero attached hydrogens (tertiary/aromatic N) is 3. The normalized spacial score (nSPS) is 12.1. The standard InChI is InChI=1S/C32H41N5O3/c1-23(2)37-32-28(21-35-37)30(34-17-10-5-4-9-16-31(39)24-12-7-6-8-13-24)19-29(36-32)25-14-11-15-27(18-25)40-22-26(38)20-33-3/h6-8,11-15,18-19,21,23,26,33,38H,4-5,9-10,16-17,20,22H2,1-3H3,(H,34,36). The van der Waals surface area contributed by atoms with Gasteiger partial charge in [0.25, 0.3) is 0 Å². The van der Waals surface area contributed by atoms with E-state index in [1.165, 1.54) is 0 Å². The van der Waals surface area contributed by atoms with Crippen LogP contribution in [0.25, 0.3) is 22.3 Å². The van der Waals surface area contributed by atoms with Gasteiger partial charge in [-0.1, -0.05) is 55.3 Å². The quantitative estimate of drug-likeness (QED) is 0.120. The predicted octanol–water partition coefficient (Wildman–Crippen LogP) is 5.88. The van der Waals surface area contributed by atoms with Gasteiger partial charge < -0.3 is 20.5 Å². The maximum absolute atomic E-state index is 12.3. The number of carbonyl (C=O) groups is 1. The Bertz CT molecular complexity index is 1370. The van der Waals surface area contributed by atoms with Gasteiger partial charge in [-0.05, 0) is 51.9 Å². The molecule has 0 aliphatic heterocycles.